The third-order valence-electron chi connectivity index (χ3n) is 2.96. The van der Waals surface area contributed by atoms with Gasteiger partial charge in [-0.3, -0.25) is 10.1 Å². The molecule has 2 rings (SSSR count). The average molecular weight is 265 g/mol. The van der Waals surface area contributed by atoms with Crippen LogP contribution in [0.25, 0.3) is 0 Å². The molecule has 104 valence electrons. The Morgan fingerprint density at radius 1 is 1.37 bits per heavy atom. The Hall–Kier alpha value is -1.60. The summed E-state index contributed by atoms with van der Waals surface area (Å²) in [6.07, 6.45) is 1.06. The maximum Gasteiger partial charge on any atom is 0.257 e. The molecule has 0 aliphatic carbocycles. The van der Waals surface area contributed by atoms with Crippen molar-refractivity contribution in [1.29, 1.82) is 0 Å². The molecule has 19 heavy (non-hydrogen) atoms. The van der Waals surface area contributed by atoms with Crippen molar-refractivity contribution >= 4 is 11.9 Å². The lowest BCUT2D eigenvalue weighted by molar-refractivity contribution is -0.128. The number of nitrogens with one attached hydrogen (secondary N) is 2. The normalized spacial score (nSPS) is 19.2. The molecule has 1 unspecified atom stereocenters. The molecule has 0 radical (unpaired) electrons. The molecule has 1 aliphatic heterocycles. The van der Waals surface area contributed by atoms with Crippen LogP contribution >= 0.6 is 0 Å². The van der Waals surface area contributed by atoms with Gasteiger partial charge in [-0.1, -0.05) is 13.8 Å². The highest BCUT2D eigenvalue weighted by atomic mass is 16.5. The fourth-order valence-electron chi connectivity index (χ4n) is 1.92. The first-order valence-electron chi connectivity index (χ1n) is 6.60. The van der Waals surface area contributed by atoms with Crippen molar-refractivity contribution in [3.8, 4) is 0 Å². The van der Waals surface area contributed by atoms with Gasteiger partial charge in [-0.2, -0.15) is 0 Å². The largest absolute Gasteiger partial charge is 0.366 e. The SMILES string of the molecule is CCc1nnc(NC(=O)C2CNCCO2)nc1CC. The second-order valence-corrected chi connectivity index (χ2v) is 4.29. The van der Waals surface area contributed by atoms with Crippen molar-refractivity contribution in [1.82, 2.24) is 20.5 Å². The summed E-state index contributed by atoms with van der Waals surface area (Å²) in [7, 11) is 0. The van der Waals surface area contributed by atoms with E-state index in [4.69, 9.17) is 4.74 Å². The highest BCUT2D eigenvalue weighted by Gasteiger charge is 2.22. The number of carbonyl (C=O) groups is 1. The molecule has 0 spiro atoms. The van der Waals surface area contributed by atoms with Gasteiger partial charge in [0.05, 0.1) is 18.0 Å². The lowest BCUT2D eigenvalue weighted by Crippen LogP contribution is -2.45. The van der Waals surface area contributed by atoms with E-state index in [9.17, 15) is 4.79 Å². The Morgan fingerprint density at radius 3 is 2.79 bits per heavy atom. The quantitative estimate of drug-likeness (QED) is 0.791. The van der Waals surface area contributed by atoms with Crippen LogP contribution < -0.4 is 10.6 Å². The van der Waals surface area contributed by atoms with Crippen LogP contribution in [0, 0.1) is 0 Å². The van der Waals surface area contributed by atoms with Crippen molar-refractivity contribution in [2.45, 2.75) is 32.8 Å². The van der Waals surface area contributed by atoms with Crippen LogP contribution in [-0.4, -0.2) is 46.9 Å². The molecule has 0 bridgehead atoms. The third kappa shape index (κ3) is 3.45. The van der Waals surface area contributed by atoms with Gasteiger partial charge in [0.1, 0.15) is 6.10 Å². The van der Waals surface area contributed by atoms with Gasteiger partial charge in [0.25, 0.3) is 5.91 Å². The molecule has 1 atom stereocenters. The number of rotatable bonds is 4. The Kier molecular flexibility index (Phi) is 4.75. The minimum absolute atomic E-state index is 0.236. The summed E-state index contributed by atoms with van der Waals surface area (Å²) in [4.78, 5) is 16.3. The minimum Gasteiger partial charge on any atom is -0.366 e. The van der Waals surface area contributed by atoms with Crippen LogP contribution in [0.2, 0.25) is 0 Å². The molecule has 1 aromatic heterocycles. The lowest BCUT2D eigenvalue weighted by Gasteiger charge is -2.22. The van der Waals surface area contributed by atoms with E-state index in [2.05, 4.69) is 25.8 Å². The Morgan fingerprint density at radius 2 is 2.16 bits per heavy atom. The third-order valence-corrected chi connectivity index (χ3v) is 2.96. The molecular formula is C12H19N5O2. The number of nitrogens with zero attached hydrogens (tertiary/aromatic N) is 3. The second-order valence-electron chi connectivity index (χ2n) is 4.29. The van der Waals surface area contributed by atoms with Gasteiger partial charge in [-0.25, -0.2) is 4.98 Å². The van der Waals surface area contributed by atoms with Gasteiger partial charge in [0.2, 0.25) is 5.95 Å². The molecule has 0 saturated carbocycles. The molecule has 1 fully saturated rings. The van der Waals surface area contributed by atoms with Gasteiger partial charge in [-0.05, 0) is 12.8 Å². The van der Waals surface area contributed by atoms with E-state index in [1.165, 1.54) is 0 Å². The first-order valence-corrected chi connectivity index (χ1v) is 6.60. The second kappa shape index (κ2) is 6.53. The number of hydrogen-bond acceptors (Lipinski definition) is 6. The maximum atomic E-state index is 11.9. The van der Waals surface area contributed by atoms with Crippen molar-refractivity contribution in [3.63, 3.8) is 0 Å². The van der Waals surface area contributed by atoms with Gasteiger partial charge in [-0.15, -0.1) is 10.2 Å². The number of aromatic nitrogens is 3. The van der Waals surface area contributed by atoms with Gasteiger partial charge >= 0.3 is 0 Å². The predicted molar refractivity (Wildman–Crippen MR) is 69.8 cm³/mol. The Labute approximate surface area is 112 Å². The van der Waals surface area contributed by atoms with Crippen LogP contribution in [0.4, 0.5) is 5.95 Å². The van der Waals surface area contributed by atoms with Crippen LogP contribution in [0.3, 0.4) is 0 Å². The maximum absolute atomic E-state index is 11.9. The molecule has 1 aromatic rings. The monoisotopic (exact) mass is 265 g/mol. The van der Waals surface area contributed by atoms with Crippen LogP contribution in [0.5, 0.6) is 0 Å². The summed E-state index contributed by atoms with van der Waals surface area (Å²) < 4.78 is 5.36. The standard InChI is InChI=1S/C12H19N5O2/c1-3-8-9(4-2)16-17-12(14-8)15-11(18)10-7-13-5-6-19-10/h10,13H,3-7H2,1-2H3,(H,14,15,17,18). The Balaban J connectivity index is 2.03. The fourth-order valence-corrected chi connectivity index (χ4v) is 1.92. The van der Waals surface area contributed by atoms with E-state index in [1.807, 2.05) is 13.8 Å². The zero-order valence-corrected chi connectivity index (χ0v) is 11.3. The molecule has 2 N–H and O–H groups in total. The van der Waals surface area contributed by atoms with Crippen molar-refractivity contribution in [2.75, 3.05) is 25.0 Å². The van der Waals surface area contributed by atoms with E-state index in [0.717, 1.165) is 30.8 Å². The van der Waals surface area contributed by atoms with E-state index in [0.29, 0.717) is 13.2 Å². The molecule has 1 saturated heterocycles. The summed E-state index contributed by atoms with van der Waals surface area (Å²) in [6, 6.07) is 0. The highest BCUT2D eigenvalue weighted by molar-refractivity contribution is 5.92. The number of morpholine rings is 1. The summed E-state index contributed by atoms with van der Waals surface area (Å²) >= 11 is 0. The summed E-state index contributed by atoms with van der Waals surface area (Å²) in [5.74, 6) is 0.00789. The summed E-state index contributed by atoms with van der Waals surface area (Å²) in [5, 5.41) is 13.8. The topological polar surface area (TPSA) is 89.0 Å². The molecule has 7 nitrogen and oxygen atoms in total. The summed E-state index contributed by atoms with van der Waals surface area (Å²) in [6.45, 7) is 5.82. The minimum atomic E-state index is -0.492. The van der Waals surface area contributed by atoms with Gasteiger partial charge < -0.3 is 10.1 Å². The van der Waals surface area contributed by atoms with Crippen molar-refractivity contribution < 1.29 is 9.53 Å². The molecule has 1 amide bonds. The van der Waals surface area contributed by atoms with Gasteiger partial charge in [0, 0.05) is 13.1 Å². The first kappa shape index (κ1) is 13.8. The zero-order valence-electron chi connectivity index (χ0n) is 11.3. The van der Waals surface area contributed by atoms with Crippen LogP contribution in [-0.2, 0) is 22.4 Å². The number of ether oxygens (including phenoxy) is 1. The predicted octanol–water partition coefficient (Wildman–Crippen LogP) is -0.0767. The van der Waals surface area contributed by atoms with E-state index < -0.39 is 6.10 Å². The molecule has 1 aliphatic rings. The van der Waals surface area contributed by atoms with E-state index >= 15 is 0 Å². The van der Waals surface area contributed by atoms with Crippen molar-refractivity contribution in [3.05, 3.63) is 11.4 Å². The van der Waals surface area contributed by atoms with Crippen molar-refractivity contribution in [2.24, 2.45) is 0 Å². The lowest BCUT2D eigenvalue weighted by atomic mass is 10.2. The molecule has 0 aromatic carbocycles. The molecular weight excluding hydrogens is 246 g/mol. The highest BCUT2D eigenvalue weighted by Crippen LogP contribution is 2.07. The smallest absolute Gasteiger partial charge is 0.257 e. The van der Waals surface area contributed by atoms with Gasteiger partial charge in [0.15, 0.2) is 0 Å². The Bertz CT molecular complexity index is 446. The molecule has 2 heterocycles. The number of hydrogen-bond donors (Lipinski definition) is 2. The van der Waals surface area contributed by atoms with E-state index in [1.54, 1.807) is 0 Å². The number of carbonyl (C=O) groups excluding carboxylic acids is 1. The van der Waals surface area contributed by atoms with E-state index in [-0.39, 0.29) is 11.9 Å². The summed E-state index contributed by atoms with van der Waals surface area (Å²) in [5.41, 5.74) is 1.74. The first-order chi connectivity index (χ1) is 9.24. The number of aryl methyl sites for hydroxylation is 2. The number of amides is 1. The fraction of sp³-hybridized carbons (Fsp3) is 0.667. The van der Waals surface area contributed by atoms with Crippen LogP contribution in [0.1, 0.15) is 25.2 Å². The van der Waals surface area contributed by atoms with Crippen LogP contribution in [0.15, 0.2) is 0 Å². The average Bonchev–Trinajstić information content (AvgIpc) is 2.48. The molecule has 7 heteroatoms. The zero-order chi connectivity index (χ0) is 13.7. The number of anilines is 1.